The number of nitrogens with one attached hydrogen (secondary N) is 1. The summed E-state index contributed by atoms with van der Waals surface area (Å²) >= 11 is 1.90. The Bertz CT molecular complexity index is 572. The first-order chi connectivity index (χ1) is 8.08. The minimum Gasteiger partial charge on any atom is -0.379 e. The van der Waals surface area contributed by atoms with E-state index in [0.717, 1.165) is 0 Å². The molecule has 0 unspecified atom stereocenters. The molecule has 0 atom stereocenters. The zero-order chi connectivity index (χ0) is 12.4. The molecule has 0 fully saturated rings. The monoisotopic (exact) mass is 348 g/mol. The summed E-state index contributed by atoms with van der Waals surface area (Å²) in [4.78, 5) is 11.7. The summed E-state index contributed by atoms with van der Waals surface area (Å²) in [6, 6.07) is 3.97. The Kier molecular flexibility index (Phi) is 3.22. The summed E-state index contributed by atoms with van der Waals surface area (Å²) in [5.74, 6) is -1.04. The molecule has 1 aromatic carbocycles. The highest BCUT2D eigenvalue weighted by atomic mass is 127. The molecule has 0 bridgehead atoms. The van der Waals surface area contributed by atoms with Crippen LogP contribution in [-0.2, 0) is 0 Å². The Morgan fingerprint density at radius 1 is 1.47 bits per heavy atom. The van der Waals surface area contributed by atoms with Crippen molar-refractivity contribution < 1.29 is 13.8 Å². The van der Waals surface area contributed by atoms with Gasteiger partial charge in [-0.1, -0.05) is 0 Å². The smallest absolute Gasteiger partial charge is 0.281 e. The third-order valence-corrected chi connectivity index (χ3v) is 2.80. The van der Waals surface area contributed by atoms with Crippen LogP contribution >= 0.6 is 22.6 Å². The number of carbonyl (C=O) groups is 1. The molecule has 0 saturated heterocycles. The van der Waals surface area contributed by atoms with Gasteiger partial charge in [0.1, 0.15) is 5.82 Å². The van der Waals surface area contributed by atoms with Gasteiger partial charge in [-0.05, 0) is 51.1 Å². The molecular formula is C9H6FIN4O2. The number of halogens is 2. The molecule has 0 spiro atoms. The van der Waals surface area contributed by atoms with Crippen molar-refractivity contribution in [3.05, 3.63) is 33.3 Å². The molecule has 0 aliphatic carbocycles. The van der Waals surface area contributed by atoms with Crippen molar-refractivity contribution in [2.45, 2.75) is 0 Å². The number of nitrogen functional groups attached to an aromatic ring is 1. The Labute approximate surface area is 108 Å². The predicted molar refractivity (Wildman–Crippen MR) is 65.8 cm³/mol. The second-order valence-electron chi connectivity index (χ2n) is 3.08. The second-order valence-corrected chi connectivity index (χ2v) is 4.24. The fourth-order valence-corrected chi connectivity index (χ4v) is 1.74. The number of hydrogen-bond acceptors (Lipinski definition) is 5. The highest BCUT2D eigenvalue weighted by molar-refractivity contribution is 14.1. The lowest BCUT2D eigenvalue weighted by Gasteiger charge is -2.05. The summed E-state index contributed by atoms with van der Waals surface area (Å²) in [5.41, 5.74) is 5.72. The number of anilines is 2. The molecule has 3 N–H and O–H groups in total. The Morgan fingerprint density at radius 3 is 2.82 bits per heavy atom. The van der Waals surface area contributed by atoms with Gasteiger partial charge in [-0.2, -0.15) is 0 Å². The number of carbonyl (C=O) groups excluding carboxylic acids is 1. The number of aromatic nitrogens is 2. The molecule has 0 aliphatic heterocycles. The largest absolute Gasteiger partial charge is 0.379 e. The third kappa shape index (κ3) is 2.52. The number of benzene rings is 1. The molecule has 0 radical (unpaired) electrons. The predicted octanol–water partition coefficient (Wildman–Crippen LogP) is 1.65. The number of amides is 1. The molecule has 6 nitrogen and oxygen atoms in total. The summed E-state index contributed by atoms with van der Waals surface area (Å²) in [6.45, 7) is 0. The minimum atomic E-state index is -0.562. The standard InChI is InChI=1S/C9H6FIN4O2/c10-4-1-2-6(5(11)3-4)13-9(16)7-8(12)15-17-14-7/h1-3H,(H2,12,15)(H,13,16). The van der Waals surface area contributed by atoms with Gasteiger partial charge >= 0.3 is 0 Å². The van der Waals surface area contributed by atoms with Crippen molar-refractivity contribution >= 4 is 40.0 Å². The van der Waals surface area contributed by atoms with Gasteiger partial charge in [-0.15, -0.1) is 0 Å². The van der Waals surface area contributed by atoms with Gasteiger partial charge in [-0.3, -0.25) is 4.79 Å². The SMILES string of the molecule is Nc1nonc1C(=O)Nc1ccc(F)cc1I. The average Bonchev–Trinajstić information content (AvgIpc) is 2.68. The van der Waals surface area contributed by atoms with Crippen molar-refractivity contribution in [1.82, 2.24) is 10.3 Å². The number of nitrogens with two attached hydrogens (primary N) is 1. The number of hydrogen-bond donors (Lipinski definition) is 2. The Hall–Kier alpha value is -1.71. The van der Waals surface area contributed by atoms with Gasteiger partial charge in [0, 0.05) is 3.57 Å². The van der Waals surface area contributed by atoms with E-state index in [1.807, 2.05) is 22.6 Å². The van der Waals surface area contributed by atoms with Gasteiger partial charge < -0.3 is 11.1 Å². The molecule has 1 aromatic heterocycles. The van der Waals surface area contributed by atoms with E-state index in [1.165, 1.54) is 18.2 Å². The van der Waals surface area contributed by atoms with Crippen LogP contribution in [0.3, 0.4) is 0 Å². The van der Waals surface area contributed by atoms with Gasteiger partial charge in [0.25, 0.3) is 5.91 Å². The van der Waals surface area contributed by atoms with Crippen LogP contribution in [0.2, 0.25) is 0 Å². The zero-order valence-electron chi connectivity index (χ0n) is 8.28. The van der Waals surface area contributed by atoms with Gasteiger partial charge in [0.05, 0.1) is 5.69 Å². The van der Waals surface area contributed by atoms with Crippen LogP contribution in [0.25, 0.3) is 0 Å². The number of nitrogens with zero attached hydrogens (tertiary/aromatic N) is 2. The average molecular weight is 348 g/mol. The van der Waals surface area contributed by atoms with Crippen molar-refractivity contribution in [1.29, 1.82) is 0 Å². The highest BCUT2D eigenvalue weighted by Crippen LogP contribution is 2.20. The molecule has 2 rings (SSSR count). The van der Waals surface area contributed by atoms with E-state index in [2.05, 4.69) is 20.3 Å². The maximum atomic E-state index is 12.8. The molecule has 1 heterocycles. The van der Waals surface area contributed by atoms with Crippen LogP contribution < -0.4 is 11.1 Å². The Morgan fingerprint density at radius 2 is 2.24 bits per heavy atom. The van der Waals surface area contributed by atoms with Crippen LogP contribution in [0.5, 0.6) is 0 Å². The fourth-order valence-electron chi connectivity index (χ4n) is 1.13. The molecule has 0 aliphatic rings. The van der Waals surface area contributed by atoms with Crippen LogP contribution in [0, 0.1) is 9.39 Å². The van der Waals surface area contributed by atoms with E-state index >= 15 is 0 Å². The molecule has 17 heavy (non-hydrogen) atoms. The van der Waals surface area contributed by atoms with Crippen LogP contribution in [0.1, 0.15) is 10.5 Å². The van der Waals surface area contributed by atoms with Crippen LogP contribution in [0.15, 0.2) is 22.8 Å². The minimum absolute atomic E-state index is 0.0976. The van der Waals surface area contributed by atoms with Crippen molar-refractivity contribution in [3.8, 4) is 0 Å². The quantitative estimate of drug-likeness (QED) is 0.805. The van der Waals surface area contributed by atoms with E-state index in [-0.39, 0.29) is 17.3 Å². The molecular weight excluding hydrogens is 342 g/mol. The van der Waals surface area contributed by atoms with E-state index < -0.39 is 5.91 Å². The first-order valence-corrected chi connectivity index (χ1v) is 5.50. The van der Waals surface area contributed by atoms with E-state index in [9.17, 15) is 9.18 Å². The molecule has 0 saturated carbocycles. The molecule has 8 heteroatoms. The first kappa shape index (κ1) is 11.8. The van der Waals surface area contributed by atoms with Crippen molar-refractivity contribution in [3.63, 3.8) is 0 Å². The lowest BCUT2D eigenvalue weighted by Crippen LogP contribution is -2.15. The topological polar surface area (TPSA) is 94.0 Å². The van der Waals surface area contributed by atoms with Crippen molar-refractivity contribution in [2.24, 2.45) is 0 Å². The Balaban J connectivity index is 2.22. The first-order valence-electron chi connectivity index (χ1n) is 4.42. The van der Waals surface area contributed by atoms with Crippen molar-refractivity contribution in [2.75, 3.05) is 11.1 Å². The van der Waals surface area contributed by atoms with Crippen LogP contribution in [0.4, 0.5) is 15.9 Å². The summed E-state index contributed by atoms with van der Waals surface area (Å²) in [6.07, 6.45) is 0. The summed E-state index contributed by atoms with van der Waals surface area (Å²) < 4.78 is 17.7. The fraction of sp³-hybridized carbons (Fsp3) is 0. The lowest BCUT2D eigenvalue weighted by atomic mass is 10.3. The number of rotatable bonds is 2. The van der Waals surface area contributed by atoms with E-state index in [4.69, 9.17) is 5.73 Å². The molecule has 2 aromatic rings. The van der Waals surface area contributed by atoms with E-state index in [0.29, 0.717) is 9.26 Å². The molecule has 1 amide bonds. The summed E-state index contributed by atoms with van der Waals surface area (Å²) in [7, 11) is 0. The highest BCUT2D eigenvalue weighted by Gasteiger charge is 2.16. The van der Waals surface area contributed by atoms with Gasteiger partial charge in [0.15, 0.2) is 0 Å². The second kappa shape index (κ2) is 4.65. The van der Waals surface area contributed by atoms with E-state index in [1.54, 1.807) is 0 Å². The van der Waals surface area contributed by atoms with Gasteiger partial charge in [-0.25, -0.2) is 9.02 Å². The normalized spacial score (nSPS) is 10.2. The maximum Gasteiger partial charge on any atom is 0.281 e. The maximum absolute atomic E-state index is 12.8. The van der Waals surface area contributed by atoms with Crippen LogP contribution in [-0.4, -0.2) is 16.2 Å². The summed E-state index contributed by atoms with van der Waals surface area (Å²) in [5, 5.41) is 9.17. The molecule has 88 valence electrons. The lowest BCUT2D eigenvalue weighted by molar-refractivity contribution is 0.101. The third-order valence-electron chi connectivity index (χ3n) is 1.91. The zero-order valence-corrected chi connectivity index (χ0v) is 10.4. The van der Waals surface area contributed by atoms with Gasteiger partial charge in [0.2, 0.25) is 11.5 Å².